The third kappa shape index (κ3) is 6.96. The molecule has 0 spiro atoms. The highest BCUT2D eigenvalue weighted by atomic mass is 16.5. The first-order chi connectivity index (χ1) is 25.7. The lowest BCUT2D eigenvalue weighted by Gasteiger charge is -2.42. The molecule has 0 unspecified atom stereocenters. The Hall–Kier alpha value is -5.33. The molecule has 6 heteroatoms. The minimum atomic E-state index is -0.580. The lowest BCUT2D eigenvalue weighted by Crippen LogP contribution is -2.53. The van der Waals surface area contributed by atoms with Crippen LogP contribution in [0.3, 0.4) is 0 Å². The molecule has 52 heavy (non-hydrogen) atoms. The molecule has 1 aromatic heterocycles. The first-order valence-electron chi connectivity index (χ1n) is 18.8. The maximum absolute atomic E-state index is 6.50. The quantitative estimate of drug-likeness (QED) is 0.120. The van der Waals surface area contributed by atoms with Gasteiger partial charge in [0, 0.05) is 50.2 Å². The Bertz CT molecular complexity index is 1910. The van der Waals surface area contributed by atoms with Crippen molar-refractivity contribution in [3.8, 4) is 11.5 Å². The molecule has 6 aromatic rings. The molecule has 6 nitrogen and oxygen atoms in total. The van der Waals surface area contributed by atoms with Gasteiger partial charge in [-0.15, -0.1) is 0 Å². The van der Waals surface area contributed by atoms with E-state index in [1.165, 1.54) is 40.8 Å². The number of nitrogens with zero attached hydrogens (tertiary/aromatic N) is 4. The maximum atomic E-state index is 6.50. The Morgan fingerprint density at radius 2 is 1.29 bits per heavy atom. The molecule has 2 aliphatic rings. The lowest BCUT2D eigenvalue weighted by molar-refractivity contribution is 0.165. The molecule has 1 atom stereocenters. The van der Waals surface area contributed by atoms with Crippen molar-refractivity contribution in [3.05, 3.63) is 180 Å². The van der Waals surface area contributed by atoms with Crippen molar-refractivity contribution in [2.75, 3.05) is 31.6 Å². The summed E-state index contributed by atoms with van der Waals surface area (Å²) in [6.07, 6.45) is 10.2. The van der Waals surface area contributed by atoms with Crippen LogP contribution >= 0.6 is 0 Å². The summed E-state index contributed by atoms with van der Waals surface area (Å²) in [5, 5.41) is 0. The van der Waals surface area contributed by atoms with Gasteiger partial charge >= 0.3 is 0 Å². The average molecular weight is 689 g/mol. The predicted molar refractivity (Wildman–Crippen MR) is 209 cm³/mol. The van der Waals surface area contributed by atoms with Gasteiger partial charge in [0.25, 0.3) is 0 Å². The lowest BCUT2D eigenvalue weighted by atomic mass is 9.77. The van der Waals surface area contributed by atoms with Crippen molar-refractivity contribution >= 4 is 5.69 Å². The molecule has 5 aromatic carbocycles. The summed E-state index contributed by atoms with van der Waals surface area (Å²) in [5.41, 5.74) is 6.61. The molecular weight excluding hydrogens is 641 g/mol. The first kappa shape index (κ1) is 33.8. The van der Waals surface area contributed by atoms with Crippen LogP contribution < -0.4 is 14.4 Å². The maximum Gasteiger partial charge on any atom is 0.163 e. The number of benzene rings is 5. The highest BCUT2D eigenvalue weighted by Gasteiger charge is 2.39. The number of piperazine rings is 1. The summed E-state index contributed by atoms with van der Waals surface area (Å²) in [4.78, 5) is 10.3. The second-order valence-electron chi connectivity index (χ2n) is 14.2. The summed E-state index contributed by atoms with van der Waals surface area (Å²) in [5.74, 6) is 1.67. The summed E-state index contributed by atoms with van der Waals surface area (Å²) >= 11 is 0. The van der Waals surface area contributed by atoms with Gasteiger partial charge in [-0.1, -0.05) is 121 Å². The van der Waals surface area contributed by atoms with E-state index >= 15 is 0 Å². The Morgan fingerprint density at radius 1 is 0.692 bits per heavy atom. The molecule has 264 valence electrons. The van der Waals surface area contributed by atoms with E-state index in [9.17, 15) is 0 Å². The molecule has 0 bridgehead atoms. The monoisotopic (exact) mass is 688 g/mol. The first-order valence-corrected chi connectivity index (χ1v) is 18.8. The van der Waals surface area contributed by atoms with Gasteiger partial charge < -0.3 is 18.9 Å². The minimum absolute atomic E-state index is 0.274. The van der Waals surface area contributed by atoms with E-state index in [-0.39, 0.29) is 6.10 Å². The fourth-order valence-electron chi connectivity index (χ4n) is 8.38. The zero-order valence-electron chi connectivity index (χ0n) is 30.1. The van der Waals surface area contributed by atoms with Crippen LogP contribution in [0.1, 0.15) is 53.6 Å². The second-order valence-corrected chi connectivity index (χ2v) is 14.2. The van der Waals surface area contributed by atoms with Gasteiger partial charge in [0.05, 0.1) is 25.2 Å². The van der Waals surface area contributed by atoms with Crippen molar-refractivity contribution in [2.45, 2.75) is 56.3 Å². The molecule has 1 saturated carbocycles. The number of methoxy groups -OCH3 is 1. The fourth-order valence-corrected chi connectivity index (χ4v) is 8.38. The van der Waals surface area contributed by atoms with Gasteiger partial charge in [-0.2, -0.15) is 0 Å². The van der Waals surface area contributed by atoms with E-state index in [0.29, 0.717) is 6.04 Å². The Kier molecular flexibility index (Phi) is 10.1. The van der Waals surface area contributed by atoms with Crippen LogP contribution in [0, 0.1) is 0 Å². The molecule has 1 saturated heterocycles. The molecule has 0 N–H and O–H groups in total. The van der Waals surface area contributed by atoms with Gasteiger partial charge in [0.1, 0.15) is 5.54 Å². The molecule has 1 aliphatic carbocycles. The largest absolute Gasteiger partial charge is 0.493 e. The average Bonchev–Trinajstić information content (AvgIpc) is 3.90. The molecule has 8 rings (SSSR count). The molecule has 0 radical (unpaired) electrons. The van der Waals surface area contributed by atoms with Crippen LogP contribution in [0.2, 0.25) is 0 Å². The van der Waals surface area contributed by atoms with Crippen molar-refractivity contribution in [1.29, 1.82) is 0 Å². The zero-order chi connectivity index (χ0) is 35.2. The number of aromatic nitrogens is 2. The van der Waals surface area contributed by atoms with Gasteiger partial charge in [-0.25, -0.2) is 4.98 Å². The van der Waals surface area contributed by atoms with E-state index in [0.717, 1.165) is 62.6 Å². The van der Waals surface area contributed by atoms with Crippen LogP contribution in [-0.2, 0) is 18.5 Å². The van der Waals surface area contributed by atoms with Crippen LogP contribution in [0.25, 0.3) is 0 Å². The SMILES string of the molecule is COc1ccc(N2CCN(Cc3cn(C(c4ccccc4)(c4ccccc4)c4ccccc4)cn3)[C@@H](Cc3ccccc3)C2)cc1OC1CCCC1. The third-order valence-corrected chi connectivity index (χ3v) is 11.0. The van der Waals surface area contributed by atoms with Crippen molar-refractivity contribution in [1.82, 2.24) is 14.5 Å². The minimum Gasteiger partial charge on any atom is -0.493 e. The van der Waals surface area contributed by atoms with E-state index < -0.39 is 5.54 Å². The van der Waals surface area contributed by atoms with Gasteiger partial charge in [0.15, 0.2) is 11.5 Å². The summed E-state index contributed by atoms with van der Waals surface area (Å²) in [6, 6.07) is 50.1. The van der Waals surface area contributed by atoms with Crippen LogP contribution in [-0.4, -0.2) is 53.3 Å². The fraction of sp³-hybridized carbons (Fsp3) is 0.283. The number of rotatable bonds is 12. The summed E-state index contributed by atoms with van der Waals surface area (Å²) in [7, 11) is 1.73. The number of imidazole rings is 1. The van der Waals surface area contributed by atoms with E-state index in [4.69, 9.17) is 14.5 Å². The Morgan fingerprint density at radius 3 is 1.88 bits per heavy atom. The van der Waals surface area contributed by atoms with Crippen molar-refractivity contribution in [3.63, 3.8) is 0 Å². The predicted octanol–water partition coefficient (Wildman–Crippen LogP) is 8.99. The van der Waals surface area contributed by atoms with Gasteiger partial charge in [-0.3, -0.25) is 4.90 Å². The molecule has 2 fully saturated rings. The number of hydrogen-bond donors (Lipinski definition) is 0. The van der Waals surface area contributed by atoms with Gasteiger partial charge in [0.2, 0.25) is 0 Å². The molecule has 0 amide bonds. The highest BCUT2D eigenvalue weighted by Crippen LogP contribution is 2.41. The van der Waals surface area contributed by atoms with Crippen LogP contribution in [0.5, 0.6) is 11.5 Å². The Labute approximate surface area is 308 Å². The summed E-state index contributed by atoms with van der Waals surface area (Å²) in [6.45, 7) is 3.53. The van der Waals surface area contributed by atoms with Crippen LogP contribution in [0.4, 0.5) is 5.69 Å². The molecule has 2 heterocycles. The molecular formula is C46H48N4O2. The summed E-state index contributed by atoms with van der Waals surface area (Å²) < 4.78 is 14.6. The van der Waals surface area contributed by atoms with Crippen molar-refractivity contribution < 1.29 is 9.47 Å². The van der Waals surface area contributed by atoms with E-state index in [1.807, 2.05) is 6.33 Å². The standard InChI is InChI=1S/C46H48N4O2/c1-51-44-27-26-41(31-45(44)52-43-24-14-15-25-43)49-29-28-48(42(34-49)30-36-16-6-2-7-17-36)32-40-33-50(35-47-40)46(37-18-8-3-9-19-37,38-20-10-4-11-21-38)39-22-12-5-13-23-39/h2-13,16-23,26-27,31,33,35,42-43H,14-15,24-25,28-30,32,34H2,1H3/t42-/m0/s1. The Balaban J connectivity index is 1.11. The van der Waals surface area contributed by atoms with E-state index in [2.05, 4.69) is 160 Å². The van der Waals surface area contributed by atoms with Crippen molar-refractivity contribution in [2.24, 2.45) is 0 Å². The number of ether oxygens (including phenoxy) is 2. The number of hydrogen-bond acceptors (Lipinski definition) is 5. The third-order valence-electron chi connectivity index (χ3n) is 11.0. The zero-order valence-corrected chi connectivity index (χ0v) is 30.1. The normalized spacial score (nSPS) is 16.9. The number of anilines is 1. The smallest absolute Gasteiger partial charge is 0.163 e. The van der Waals surface area contributed by atoms with Crippen LogP contribution in [0.15, 0.2) is 152 Å². The van der Waals surface area contributed by atoms with Gasteiger partial charge in [-0.05, 0) is 66.5 Å². The second kappa shape index (κ2) is 15.5. The van der Waals surface area contributed by atoms with E-state index in [1.54, 1.807) is 7.11 Å². The topological polar surface area (TPSA) is 42.8 Å². The molecule has 1 aliphatic heterocycles. The highest BCUT2D eigenvalue weighted by molar-refractivity contribution is 5.57.